The van der Waals surface area contributed by atoms with E-state index in [1.807, 2.05) is 121 Å². The van der Waals surface area contributed by atoms with Crippen molar-refractivity contribution in [1.29, 1.82) is 0 Å². The standard InChI is InChI=1S/C30H30N6O2.C21H26N6O.C9H21O6P3.C9H6O2.C6H15N/c37-27(12-11-22-7-2-1-3-8-22)35-26-10-6-9-23(17-26)18-33-30(38)34-19-24-13-14-31-29-28(24)25(20-32-29)21-36-15-4-5-16-36;22-18-5-3-4-15(10-18)11-25-21(28)26-12-16-6-7-23-20-19(16)17(13-24-20)14-27-8-1-2-9-27;1-4-7-16(10)13-17(11,8-5-2)15-18(12,14-16)9-6-3;10-9(11)7-6-8-4-2-1-3-5-8;1-4-7(5-2)6-3/h1-3,6-10,13-14,17,20H,4-5,15-16,18-19,21H2,(H,31,32)(H,35,37)(H2,33,34,38);3-7,10,13H,1-2,8-9,11-12,14,22H2,(H,23,24)(H2,25,26,28);4-9H2,1-3H3;1-5H,(H,10,11);4-6H2,1-3H3. The fraction of sp³-hybridized carbons (Fsp3) is 0.387. The molecule has 3 aliphatic rings. The number of nitrogen functional groups attached to an aromatic ring is 1. The number of pyridine rings is 2. The van der Waals surface area contributed by atoms with Crippen molar-refractivity contribution in [3.63, 3.8) is 0 Å². The van der Waals surface area contributed by atoms with Gasteiger partial charge in [-0.2, -0.15) is 0 Å². The number of benzene rings is 4. The number of hydrogen-bond donors (Lipinski definition) is 9. The highest BCUT2D eigenvalue weighted by molar-refractivity contribution is 7.80. The van der Waals surface area contributed by atoms with Crippen molar-refractivity contribution in [1.82, 2.24) is 55.9 Å². The van der Waals surface area contributed by atoms with Crippen LogP contribution in [0, 0.1) is 23.7 Å². The van der Waals surface area contributed by atoms with Gasteiger partial charge in [0.15, 0.2) is 0 Å². The molecule has 0 bridgehead atoms. The predicted octanol–water partition coefficient (Wildman–Crippen LogP) is 14.2. The molecule has 3 aliphatic heterocycles. The first kappa shape index (κ1) is 80.4. The van der Waals surface area contributed by atoms with Crippen molar-refractivity contribution in [2.24, 2.45) is 0 Å². The number of nitrogens with two attached hydrogens (primary N) is 1. The van der Waals surface area contributed by atoms with E-state index in [9.17, 15) is 32.9 Å². The van der Waals surface area contributed by atoms with Crippen LogP contribution >= 0.6 is 22.8 Å². The Balaban J connectivity index is 0.000000199. The number of H-pyrrole nitrogens is 2. The summed E-state index contributed by atoms with van der Waals surface area (Å²) in [6.07, 6.45) is 14.6. The van der Waals surface area contributed by atoms with Crippen LogP contribution in [0.4, 0.5) is 21.0 Å². The molecule has 10 N–H and O–H groups in total. The highest BCUT2D eigenvalue weighted by atomic mass is 31.3. The van der Waals surface area contributed by atoms with E-state index in [2.05, 4.69) is 99.8 Å². The second-order valence-electron chi connectivity index (χ2n) is 24.4. The van der Waals surface area contributed by atoms with Crippen LogP contribution in [-0.2, 0) is 75.5 Å². The predicted molar refractivity (Wildman–Crippen MR) is 405 cm³/mol. The van der Waals surface area contributed by atoms with Gasteiger partial charge in [-0.05, 0) is 185 Å². The van der Waals surface area contributed by atoms with Gasteiger partial charge in [-0.25, -0.2) is 37.3 Å². The average Bonchev–Trinajstić information content (AvgIpc) is 1.03. The van der Waals surface area contributed by atoms with Crippen molar-refractivity contribution >= 4 is 80.2 Å². The number of carbonyl (C=O) groups excluding carboxylic acids is 3. The summed E-state index contributed by atoms with van der Waals surface area (Å²) >= 11 is 0. The van der Waals surface area contributed by atoms with Gasteiger partial charge in [-0.15, -0.1) is 0 Å². The Kier molecular flexibility index (Phi) is 33.0. The first-order chi connectivity index (χ1) is 49.3. The topological polar surface area (TPSA) is 321 Å². The van der Waals surface area contributed by atoms with E-state index in [1.54, 1.807) is 51.4 Å². The van der Waals surface area contributed by atoms with Crippen LogP contribution in [0.5, 0.6) is 0 Å². The summed E-state index contributed by atoms with van der Waals surface area (Å²) in [5, 5.41) is 24.8. The van der Waals surface area contributed by atoms with E-state index in [-0.39, 0.29) is 30.5 Å². The molecule has 4 aromatic carbocycles. The lowest BCUT2D eigenvalue weighted by Gasteiger charge is -2.33. The van der Waals surface area contributed by atoms with E-state index < -0.39 is 34.7 Å². The van der Waals surface area contributed by atoms with E-state index in [0.29, 0.717) is 56.8 Å². The molecule has 0 atom stereocenters. The molecular formula is C75H98N13O11P3. The molecule has 0 spiro atoms. The molecule has 102 heavy (non-hydrogen) atoms. The Morgan fingerprint density at radius 2 is 0.941 bits per heavy atom. The highest BCUT2D eigenvalue weighted by Crippen LogP contribution is 2.82. The third-order valence-corrected chi connectivity index (χ3v) is 25.3. The number of likely N-dealkylation sites (tertiary alicyclic amines) is 2. The van der Waals surface area contributed by atoms with Crippen LogP contribution in [0.3, 0.4) is 0 Å². The van der Waals surface area contributed by atoms with Crippen molar-refractivity contribution in [2.75, 3.05) is 75.3 Å². The smallest absolute Gasteiger partial charge is 0.382 e. The third kappa shape index (κ3) is 27.1. The normalized spacial score (nSPS) is 17.6. The number of fused-ring (bicyclic) bond motifs is 2. The summed E-state index contributed by atoms with van der Waals surface area (Å²) in [5.41, 5.74) is 16.7. The van der Waals surface area contributed by atoms with Crippen LogP contribution in [0.25, 0.3) is 22.1 Å². The summed E-state index contributed by atoms with van der Waals surface area (Å²) in [4.78, 5) is 69.7. The maximum absolute atomic E-state index is 12.6. The van der Waals surface area contributed by atoms with Gasteiger partial charge < -0.3 is 52.3 Å². The third-order valence-electron chi connectivity index (χ3n) is 16.4. The SMILES string of the molecule is CCCP1(=O)OP(=O)(CCC)OP(=O)(CCC)O1.CCN(CC)CC.Nc1cccc(CNC(=O)NCc2ccnc3[nH]cc(CN4CCCC4)c23)c1.O=C(C#Cc1ccccc1)Nc1cccc(CNC(=O)NCc2ccnc3[nH]cc(CN4CCCC4)c23)c1.O=C(O)C#Cc1ccccc1. The van der Waals surface area contributed by atoms with Gasteiger partial charge in [-0.3, -0.25) is 28.3 Å². The molecule has 24 nitrogen and oxygen atoms in total. The average molecular weight is 1450 g/mol. The number of carbonyl (C=O) groups is 4. The number of anilines is 2. The zero-order valence-corrected chi connectivity index (χ0v) is 62.0. The number of aromatic amines is 2. The summed E-state index contributed by atoms with van der Waals surface area (Å²) in [6.45, 7) is 23.5. The number of carboxylic acid groups (broad SMARTS) is 1. The van der Waals surface area contributed by atoms with Crippen molar-refractivity contribution in [3.05, 3.63) is 191 Å². The van der Waals surface area contributed by atoms with Crippen LogP contribution in [0.2, 0.25) is 0 Å². The van der Waals surface area contributed by atoms with Gasteiger partial charge in [0, 0.05) is 109 Å². The quantitative estimate of drug-likeness (QED) is 0.0173. The number of nitrogens with zero attached hydrogens (tertiary/aromatic N) is 5. The summed E-state index contributed by atoms with van der Waals surface area (Å²) in [7, 11) is -10.7. The van der Waals surface area contributed by atoms with Gasteiger partial charge in [-0.1, -0.05) is 114 Å². The number of carboxylic acids is 1. The van der Waals surface area contributed by atoms with Gasteiger partial charge in [0.2, 0.25) is 0 Å². The number of amides is 5. The molecule has 0 radical (unpaired) electrons. The first-order valence-electron chi connectivity index (χ1n) is 34.9. The Morgan fingerprint density at radius 1 is 0.529 bits per heavy atom. The number of aliphatic carboxylic acids is 1. The van der Waals surface area contributed by atoms with Crippen LogP contribution in [0.15, 0.2) is 146 Å². The molecule has 7 heterocycles. The van der Waals surface area contributed by atoms with Crippen LogP contribution < -0.4 is 32.3 Å². The Morgan fingerprint density at radius 3 is 1.34 bits per heavy atom. The van der Waals surface area contributed by atoms with Crippen LogP contribution in [-0.4, -0.2) is 128 Å². The molecule has 5 amide bonds. The Labute approximate surface area is 599 Å². The Hall–Kier alpha value is -8.89. The lowest BCUT2D eigenvalue weighted by atomic mass is 10.1. The summed E-state index contributed by atoms with van der Waals surface area (Å²) in [6, 6.07) is 36.6. The lowest BCUT2D eigenvalue weighted by molar-refractivity contribution is -0.130. The maximum atomic E-state index is 12.6. The van der Waals surface area contributed by atoms with E-state index in [0.717, 1.165) is 94.7 Å². The molecule has 544 valence electrons. The molecule has 0 saturated carbocycles. The molecule has 8 aromatic rings. The molecule has 0 unspecified atom stereocenters. The minimum atomic E-state index is -3.57. The van der Waals surface area contributed by atoms with Crippen molar-refractivity contribution < 1.29 is 50.9 Å². The van der Waals surface area contributed by atoms with E-state index >= 15 is 0 Å². The molecule has 0 aliphatic carbocycles. The summed E-state index contributed by atoms with van der Waals surface area (Å²) in [5.74, 6) is 8.46. The number of rotatable bonds is 22. The van der Waals surface area contributed by atoms with Gasteiger partial charge >= 0.3 is 46.7 Å². The van der Waals surface area contributed by atoms with E-state index in [4.69, 9.17) is 23.8 Å². The number of urea groups is 2. The molecule has 4 aromatic heterocycles. The molecule has 11 rings (SSSR count). The molecule has 3 fully saturated rings. The fourth-order valence-corrected chi connectivity index (χ4v) is 20.7. The number of aromatic nitrogens is 4. The lowest BCUT2D eigenvalue weighted by Crippen LogP contribution is -2.34. The minimum Gasteiger partial charge on any atom is -0.472 e. The zero-order chi connectivity index (χ0) is 73.2. The van der Waals surface area contributed by atoms with Gasteiger partial charge in [0.05, 0.1) is 18.5 Å². The molecule has 3 saturated heterocycles. The Bertz CT molecular complexity index is 4180. The first-order valence-corrected chi connectivity index (χ1v) is 40.1. The fourth-order valence-electron chi connectivity index (χ4n) is 11.4. The molecular weight excluding hydrogens is 1350 g/mol. The second-order valence-corrected chi connectivity index (χ2v) is 31.3. The zero-order valence-electron chi connectivity index (χ0n) is 59.3. The minimum absolute atomic E-state index is 0.109. The van der Waals surface area contributed by atoms with Gasteiger partial charge in [0.1, 0.15) is 11.3 Å². The van der Waals surface area contributed by atoms with E-state index in [1.165, 1.54) is 56.4 Å². The van der Waals surface area contributed by atoms with Gasteiger partial charge in [0.25, 0.3) is 0 Å². The van der Waals surface area contributed by atoms with Crippen molar-refractivity contribution in [2.45, 2.75) is 126 Å². The monoisotopic (exact) mass is 1450 g/mol. The van der Waals surface area contributed by atoms with Crippen molar-refractivity contribution in [3.8, 4) is 23.7 Å². The number of nitrogens with one attached hydrogen (secondary N) is 7. The second kappa shape index (κ2) is 41.9. The maximum Gasteiger partial charge on any atom is 0.382 e. The summed E-state index contributed by atoms with van der Waals surface area (Å²) < 4.78 is 52.3. The van der Waals surface area contributed by atoms with Crippen LogP contribution in [0.1, 0.15) is 131 Å². The largest absolute Gasteiger partial charge is 0.472 e. The number of hydrogen-bond acceptors (Lipinski definition) is 16. The molecule has 27 heteroatoms. The highest BCUT2D eigenvalue weighted by Gasteiger charge is 2.51.